The first-order chi connectivity index (χ1) is 7.65. The molecule has 16 heavy (non-hydrogen) atoms. The van der Waals surface area contributed by atoms with Gasteiger partial charge >= 0.3 is 5.97 Å². The number of carboxylic acids is 1. The lowest BCUT2D eigenvalue weighted by atomic mass is 9.93. The van der Waals surface area contributed by atoms with Crippen molar-refractivity contribution >= 4 is 11.9 Å². The van der Waals surface area contributed by atoms with Crippen molar-refractivity contribution in [2.75, 3.05) is 13.7 Å². The van der Waals surface area contributed by atoms with Crippen LogP contribution in [-0.2, 0) is 14.3 Å². The van der Waals surface area contributed by atoms with Crippen molar-refractivity contribution < 1.29 is 19.4 Å². The highest BCUT2D eigenvalue weighted by Gasteiger charge is 2.24. The highest BCUT2D eigenvalue weighted by Crippen LogP contribution is 2.18. The third-order valence-electron chi connectivity index (χ3n) is 2.59. The SMILES string of the molecule is COCC(NC(=O)C1CC=CCC1)C(=O)O. The van der Waals surface area contributed by atoms with E-state index in [9.17, 15) is 9.59 Å². The van der Waals surface area contributed by atoms with Crippen LogP contribution in [0.3, 0.4) is 0 Å². The number of nitrogens with one attached hydrogen (secondary N) is 1. The largest absolute Gasteiger partial charge is 0.480 e. The first-order valence-corrected chi connectivity index (χ1v) is 5.32. The molecule has 1 amide bonds. The molecule has 0 aliphatic heterocycles. The lowest BCUT2D eigenvalue weighted by Gasteiger charge is -2.20. The topological polar surface area (TPSA) is 75.6 Å². The second-order valence-electron chi connectivity index (χ2n) is 3.84. The van der Waals surface area contributed by atoms with E-state index in [0.29, 0.717) is 6.42 Å². The van der Waals surface area contributed by atoms with Gasteiger partial charge in [0, 0.05) is 13.0 Å². The van der Waals surface area contributed by atoms with E-state index < -0.39 is 12.0 Å². The minimum atomic E-state index is -1.07. The van der Waals surface area contributed by atoms with Gasteiger partial charge in [-0.05, 0) is 19.3 Å². The molecular weight excluding hydrogens is 210 g/mol. The number of aliphatic carboxylic acids is 1. The molecule has 0 aromatic rings. The van der Waals surface area contributed by atoms with Gasteiger partial charge in [-0.2, -0.15) is 0 Å². The summed E-state index contributed by atoms with van der Waals surface area (Å²) in [6.07, 6.45) is 6.33. The fourth-order valence-corrected chi connectivity index (χ4v) is 1.66. The fraction of sp³-hybridized carbons (Fsp3) is 0.636. The Morgan fingerprint density at radius 3 is 2.81 bits per heavy atom. The molecule has 2 unspecified atom stereocenters. The van der Waals surface area contributed by atoms with Crippen LogP contribution in [0.5, 0.6) is 0 Å². The maximum Gasteiger partial charge on any atom is 0.328 e. The second kappa shape index (κ2) is 6.27. The number of amides is 1. The molecule has 0 heterocycles. The molecule has 0 spiro atoms. The molecule has 0 aromatic heterocycles. The van der Waals surface area contributed by atoms with Crippen molar-refractivity contribution in [3.05, 3.63) is 12.2 Å². The van der Waals surface area contributed by atoms with Crippen LogP contribution in [0, 0.1) is 5.92 Å². The van der Waals surface area contributed by atoms with E-state index >= 15 is 0 Å². The zero-order chi connectivity index (χ0) is 12.0. The number of hydrogen-bond acceptors (Lipinski definition) is 3. The molecule has 0 fully saturated rings. The molecular formula is C11H17NO4. The van der Waals surface area contributed by atoms with E-state index in [1.54, 1.807) is 0 Å². The van der Waals surface area contributed by atoms with Crippen LogP contribution >= 0.6 is 0 Å². The van der Waals surface area contributed by atoms with Crippen LogP contribution in [-0.4, -0.2) is 36.7 Å². The zero-order valence-electron chi connectivity index (χ0n) is 9.31. The number of methoxy groups -OCH3 is 1. The van der Waals surface area contributed by atoms with Crippen molar-refractivity contribution in [1.29, 1.82) is 0 Å². The van der Waals surface area contributed by atoms with Crippen LogP contribution in [0.15, 0.2) is 12.2 Å². The molecule has 90 valence electrons. The molecule has 5 heteroatoms. The number of rotatable bonds is 5. The number of carboxylic acid groups (broad SMARTS) is 1. The number of allylic oxidation sites excluding steroid dienone is 2. The van der Waals surface area contributed by atoms with Crippen molar-refractivity contribution in [1.82, 2.24) is 5.32 Å². The van der Waals surface area contributed by atoms with E-state index in [2.05, 4.69) is 5.32 Å². The summed E-state index contributed by atoms with van der Waals surface area (Å²) in [5.41, 5.74) is 0. The van der Waals surface area contributed by atoms with Crippen molar-refractivity contribution in [2.45, 2.75) is 25.3 Å². The Morgan fingerprint density at radius 1 is 1.56 bits per heavy atom. The summed E-state index contributed by atoms with van der Waals surface area (Å²) < 4.78 is 4.74. The number of carbonyl (C=O) groups excluding carboxylic acids is 1. The van der Waals surface area contributed by atoms with Crippen molar-refractivity contribution in [3.8, 4) is 0 Å². The van der Waals surface area contributed by atoms with Crippen LogP contribution in [0.4, 0.5) is 0 Å². The van der Waals surface area contributed by atoms with Gasteiger partial charge in [0.25, 0.3) is 0 Å². The summed E-state index contributed by atoms with van der Waals surface area (Å²) in [4.78, 5) is 22.5. The van der Waals surface area contributed by atoms with Gasteiger partial charge < -0.3 is 15.2 Å². The molecule has 2 N–H and O–H groups in total. The predicted molar refractivity (Wildman–Crippen MR) is 57.9 cm³/mol. The summed E-state index contributed by atoms with van der Waals surface area (Å²) in [5, 5.41) is 11.3. The monoisotopic (exact) mass is 227 g/mol. The summed E-state index contributed by atoms with van der Waals surface area (Å²) in [5.74, 6) is -1.38. The molecule has 0 saturated carbocycles. The molecule has 2 atom stereocenters. The van der Waals surface area contributed by atoms with Crippen molar-refractivity contribution in [3.63, 3.8) is 0 Å². The third kappa shape index (κ3) is 3.66. The van der Waals surface area contributed by atoms with E-state index in [1.807, 2.05) is 12.2 Å². The van der Waals surface area contributed by atoms with E-state index in [-0.39, 0.29) is 18.4 Å². The maximum absolute atomic E-state index is 11.7. The predicted octanol–water partition coefficient (Wildman–Crippen LogP) is 0.558. The van der Waals surface area contributed by atoms with Gasteiger partial charge in [0.1, 0.15) is 0 Å². The van der Waals surface area contributed by atoms with Gasteiger partial charge in [0.2, 0.25) is 5.91 Å². The third-order valence-corrected chi connectivity index (χ3v) is 2.59. The normalized spacial score (nSPS) is 21.4. The lowest BCUT2D eigenvalue weighted by molar-refractivity contribution is -0.144. The van der Waals surface area contributed by atoms with Gasteiger partial charge in [-0.3, -0.25) is 4.79 Å². The highest BCUT2D eigenvalue weighted by atomic mass is 16.5. The molecule has 1 rings (SSSR count). The van der Waals surface area contributed by atoms with Crippen LogP contribution in [0.1, 0.15) is 19.3 Å². The second-order valence-corrected chi connectivity index (χ2v) is 3.84. The minimum Gasteiger partial charge on any atom is -0.480 e. The first kappa shape index (κ1) is 12.7. The minimum absolute atomic E-state index is 0.0103. The molecule has 0 saturated heterocycles. The Bertz CT molecular complexity index is 288. The van der Waals surface area contributed by atoms with Gasteiger partial charge in [0.05, 0.1) is 6.61 Å². The Balaban J connectivity index is 2.47. The number of carbonyl (C=O) groups is 2. The summed E-state index contributed by atoms with van der Waals surface area (Å²) >= 11 is 0. The van der Waals surface area contributed by atoms with Crippen molar-refractivity contribution in [2.24, 2.45) is 5.92 Å². The van der Waals surface area contributed by atoms with Gasteiger partial charge in [-0.1, -0.05) is 12.2 Å². The van der Waals surface area contributed by atoms with Gasteiger partial charge in [-0.25, -0.2) is 4.79 Å². The fourth-order valence-electron chi connectivity index (χ4n) is 1.66. The number of ether oxygens (including phenoxy) is 1. The van der Waals surface area contributed by atoms with Crippen LogP contribution in [0.2, 0.25) is 0 Å². The van der Waals surface area contributed by atoms with E-state index in [4.69, 9.17) is 9.84 Å². The molecule has 0 bridgehead atoms. The van der Waals surface area contributed by atoms with E-state index in [0.717, 1.165) is 12.8 Å². The van der Waals surface area contributed by atoms with Gasteiger partial charge in [0.15, 0.2) is 6.04 Å². The zero-order valence-corrected chi connectivity index (χ0v) is 9.31. The smallest absolute Gasteiger partial charge is 0.328 e. The Labute approximate surface area is 94.5 Å². The standard InChI is InChI=1S/C11H17NO4/c1-16-7-9(11(14)15)12-10(13)8-5-3-2-4-6-8/h2-3,8-9H,4-7H2,1H3,(H,12,13)(H,14,15). The number of hydrogen-bond donors (Lipinski definition) is 2. The molecule has 5 nitrogen and oxygen atoms in total. The summed E-state index contributed by atoms with van der Waals surface area (Å²) in [7, 11) is 1.41. The quantitative estimate of drug-likeness (QED) is 0.673. The molecule has 0 radical (unpaired) electrons. The highest BCUT2D eigenvalue weighted by molar-refractivity contribution is 5.85. The molecule has 0 aromatic carbocycles. The van der Waals surface area contributed by atoms with Crippen LogP contribution in [0.25, 0.3) is 0 Å². The maximum atomic E-state index is 11.7. The average molecular weight is 227 g/mol. The Morgan fingerprint density at radius 2 is 2.31 bits per heavy atom. The van der Waals surface area contributed by atoms with Gasteiger partial charge in [-0.15, -0.1) is 0 Å². The molecule has 1 aliphatic rings. The summed E-state index contributed by atoms with van der Waals surface area (Å²) in [6.45, 7) is -0.0103. The Hall–Kier alpha value is -1.36. The van der Waals surface area contributed by atoms with Crippen LogP contribution < -0.4 is 5.32 Å². The first-order valence-electron chi connectivity index (χ1n) is 5.32. The Kier molecular flexibility index (Phi) is 4.98. The van der Waals surface area contributed by atoms with E-state index in [1.165, 1.54) is 7.11 Å². The average Bonchev–Trinajstić information content (AvgIpc) is 2.29. The summed E-state index contributed by atoms with van der Waals surface area (Å²) in [6, 6.07) is -0.955. The molecule has 1 aliphatic carbocycles. The lowest BCUT2D eigenvalue weighted by Crippen LogP contribution is -2.46.